The van der Waals surface area contributed by atoms with Gasteiger partial charge in [-0.25, -0.2) is 4.79 Å². The van der Waals surface area contributed by atoms with Crippen LogP contribution in [0.2, 0.25) is 0 Å². The number of fused-ring (bicyclic) bond motifs is 1. The molecule has 0 aromatic carbocycles. The first-order chi connectivity index (χ1) is 9.75. The summed E-state index contributed by atoms with van der Waals surface area (Å²) in [6.07, 6.45) is 1.79. The zero-order chi connectivity index (χ0) is 15.9. The van der Waals surface area contributed by atoms with Gasteiger partial charge in [-0.15, -0.1) is 0 Å². The Hall–Kier alpha value is -2.02. The third-order valence-electron chi connectivity index (χ3n) is 3.28. The van der Waals surface area contributed by atoms with Crippen LogP contribution >= 0.6 is 11.6 Å². The summed E-state index contributed by atoms with van der Waals surface area (Å²) < 4.78 is 4.21. The molecule has 0 aliphatic carbocycles. The minimum Gasteiger partial charge on any atom is -0.348 e. The smallest absolute Gasteiger partial charge is 0.332 e. The van der Waals surface area contributed by atoms with E-state index in [2.05, 4.69) is 4.98 Å². The Balaban J connectivity index is 2.93. The van der Waals surface area contributed by atoms with Gasteiger partial charge in [0.05, 0.1) is 0 Å². The Labute approximate surface area is 126 Å². The first kappa shape index (κ1) is 15.4. The Morgan fingerprint density at radius 1 is 1.29 bits per heavy atom. The van der Waals surface area contributed by atoms with E-state index in [-0.39, 0.29) is 5.56 Å². The van der Waals surface area contributed by atoms with Crippen LogP contribution in [0.4, 0.5) is 5.95 Å². The summed E-state index contributed by atoms with van der Waals surface area (Å²) in [4.78, 5) is 30.6. The molecule has 8 heteroatoms. The van der Waals surface area contributed by atoms with Crippen molar-refractivity contribution < 1.29 is 0 Å². The highest BCUT2D eigenvalue weighted by molar-refractivity contribution is 6.29. The lowest BCUT2D eigenvalue weighted by Gasteiger charge is -2.13. The molecule has 7 nitrogen and oxygen atoms in total. The van der Waals surface area contributed by atoms with Gasteiger partial charge in [-0.2, -0.15) is 4.98 Å². The monoisotopic (exact) mass is 311 g/mol. The van der Waals surface area contributed by atoms with Crippen LogP contribution < -0.4 is 16.1 Å². The molecule has 0 amide bonds. The maximum Gasteiger partial charge on any atom is 0.332 e. The first-order valence-electron chi connectivity index (χ1n) is 6.41. The second-order valence-electron chi connectivity index (χ2n) is 5.09. The van der Waals surface area contributed by atoms with Crippen molar-refractivity contribution in [3.05, 3.63) is 31.9 Å². The van der Waals surface area contributed by atoms with Crippen LogP contribution in [0, 0.1) is 0 Å². The molecule has 0 aliphatic rings. The van der Waals surface area contributed by atoms with Crippen molar-refractivity contribution in [3.63, 3.8) is 0 Å². The van der Waals surface area contributed by atoms with E-state index in [0.29, 0.717) is 28.7 Å². The van der Waals surface area contributed by atoms with Gasteiger partial charge in [-0.1, -0.05) is 17.7 Å². The third-order valence-corrected chi connectivity index (χ3v) is 3.44. The molecular formula is C13H18ClN5O2. The van der Waals surface area contributed by atoms with E-state index in [9.17, 15) is 9.59 Å². The molecule has 0 saturated heterocycles. The Morgan fingerprint density at radius 3 is 2.43 bits per heavy atom. The number of aromatic nitrogens is 4. The van der Waals surface area contributed by atoms with Gasteiger partial charge in [-0.3, -0.25) is 13.9 Å². The van der Waals surface area contributed by atoms with Crippen molar-refractivity contribution in [2.45, 2.75) is 13.5 Å². The Bertz CT molecular complexity index is 837. The molecule has 0 N–H and O–H groups in total. The van der Waals surface area contributed by atoms with Crippen LogP contribution in [-0.2, 0) is 20.6 Å². The second-order valence-corrected chi connectivity index (χ2v) is 5.68. The molecule has 0 aliphatic heterocycles. The van der Waals surface area contributed by atoms with Crippen LogP contribution in [0.15, 0.2) is 20.7 Å². The maximum atomic E-state index is 12.4. The van der Waals surface area contributed by atoms with Crippen LogP contribution in [0.5, 0.6) is 0 Å². The third kappa shape index (κ3) is 2.49. The predicted molar refractivity (Wildman–Crippen MR) is 84.2 cm³/mol. The normalized spacial score (nSPS) is 12.2. The summed E-state index contributed by atoms with van der Waals surface area (Å²) in [5.74, 6) is 0.595. The van der Waals surface area contributed by atoms with Crippen LogP contribution in [-0.4, -0.2) is 32.8 Å². The lowest BCUT2D eigenvalue weighted by Crippen LogP contribution is -2.37. The van der Waals surface area contributed by atoms with Crippen LogP contribution in [0.25, 0.3) is 11.2 Å². The fraction of sp³-hybridized carbons (Fsp3) is 0.462. The number of hydrogen-bond donors (Lipinski definition) is 0. The van der Waals surface area contributed by atoms with E-state index < -0.39 is 5.69 Å². The number of imidazole rings is 1. The van der Waals surface area contributed by atoms with E-state index in [4.69, 9.17) is 11.6 Å². The average molecular weight is 312 g/mol. The van der Waals surface area contributed by atoms with Crippen LogP contribution in [0.3, 0.4) is 0 Å². The van der Waals surface area contributed by atoms with Crippen molar-refractivity contribution in [1.82, 2.24) is 18.7 Å². The molecule has 0 atom stereocenters. The van der Waals surface area contributed by atoms with E-state index in [1.54, 1.807) is 29.5 Å². The van der Waals surface area contributed by atoms with Crippen molar-refractivity contribution in [3.8, 4) is 0 Å². The predicted octanol–water partition coefficient (Wildman–Crippen LogP) is 0.642. The van der Waals surface area contributed by atoms with Gasteiger partial charge < -0.3 is 9.47 Å². The molecule has 2 rings (SSSR count). The van der Waals surface area contributed by atoms with E-state index in [1.165, 1.54) is 11.6 Å². The number of rotatable bonds is 3. The number of allylic oxidation sites excluding steroid dienone is 2. The van der Waals surface area contributed by atoms with Gasteiger partial charge in [-0.05, 0) is 6.92 Å². The molecule has 2 aromatic heterocycles. The van der Waals surface area contributed by atoms with Gasteiger partial charge >= 0.3 is 5.69 Å². The number of hydrogen-bond acceptors (Lipinski definition) is 4. The molecule has 0 radical (unpaired) electrons. The SMILES string of the molecule is C/C(Cl)=C/Cn1c(N(C)C)nc2c1c(=O)n(C)c(=O)n2C. The number of aryl methyl sites for hydroxylation is 1. The summed E-state index contributed by atoms with van der Waals surface area (Å²) in [5.41, 5.74) is -0.00857. The number of anilines is 1. The summed E-state index contributed by atoms with van der Waals surface area (Å²) in [6.45, 7) is 2.18. The van der Waals surface area contributed by atoms with Crippen molar-refractivity contribution in [2.75, 3.05) is 19.0 Å². The van der Waals surface area contributed by atoms with Gasteiger partial charge in [0.2, 0.25) is 5.95 Å². The standard InChI is InChI=1S/C13H18ClN5O2/c1-8(14)6-7-19-9-10(15-12(19)16(2)3)17(4)13(21)18(5)11(9)20/h6H,7H2,1-5H3/b8-6-. The number of nitrogens with zero attached hydrogens (tertiary/aromatic N) is 5. The zero-order valence-electron chi connectivity index (χ0n) is 12.7. The van der Waals surface area contributed by atoms with Crippen molar-refractivity contribution in [2.24, 2.45) is 14.1 Å². The fourth-order valence-electron chi connectivity index (χ4n) is 2.17. The molecule has 0 saturated carbocycles. The summed E-state index contributed by atoms with van der Waals surface area (Å²) >= 11 is 5.88. The highest BCUT2D eigenvalue weighted by Crippen LogP contribution is 2.18. The largest absolute Gasteiger partial charge is 0.348 e. The lowest BCUT2D eigenvalue weighted by molar-refractivity contribution is 0.703. The van der Waals surface area contributed by atoms with E-state index in [0.717, 1.165) is 4.57 Å². The Kier molecular flexibility index (Phi) is 3.95. The molecule has 114 valence electrons. The molecule has 21 heavy (non-hydrogen) atoms. The fourth-order valence-corrected chi connectivity index (χ4v) is 2.24. The van der Waals surface area contributed by atoms with Gasteiger partial charge in [0.15, 0.2) is 11.2 Å². The molecule has 0 spiro atoms. The van der Waals surface area contributed by atoms with Gasteiger partial charge in [0.25, 0.3) is 5.56 Å². The molecule has 0 unspecified atom stereocenters. The molecule has 2 heterocycles. The van der Waals surface area contributed by atoms with Gasteiger partial charge in [0.1, 0.15) is 0 Å². The highest BCUT2D eigenvalue weighted by Gasteiger charge is 2.19. The highest BCUT2D eigenvalue weighted by atomic mass is 35.5. The quantitative estimate of drug-likeness (QED) is 0.834. The van der Waals surface area contributed by atoms with Crippen molar-refractivity contribution in [1.29, 1.82) is 0 Å². The minimum atomic E-state index is -0.397. The molecule has 0 fully saturated rings. The average Bonchev–Trinajstić information content (AvgIpc) is 2.80. The van der Waals surface area contributed by atoms with E-state index in [1.807, 2.05) is 14.1 Å². The topological polar surface area (TPSA) is 65.1 Å². The lowest BCUT2D eigenvalue weighted by atomic mass is 10.4. The molecular weight excluding hydrogens is 294 g/mol. The maximum absolute atomic E-state index is 12.4. The summed E-state index contributed by atoms with van der Waals surface area (Å²) in [7, 11) is 6.72. The summed E-state index contributed by atoms with van der Waals surface area (Å²) in [5, 5.41) is 0.628. The summed E-state index contributed by atoms with van der Waals surface area (Å²) in [6, 6.07) is 0. The van der Waals surface area contributed by atoms with E-state index >= 15 is 0 Å². The molecule has 2 aromatic rings. The van der Waals surface area contributed by atoms with Crippen LogP contribution in [0.1, 0.15) is 6.92 Å². The minimum absolute atomic E-state index is 0.366. The zero-order valence-corrected chi connectivity index (χ0v) is 13.5. The Morgan fingerprint density at radius 2 is 1.90 bits per heavy atom. The number of halogens is 1. The van der Waals surface area contributed by atoms with Crippen molar-refractivity contribution >= 4 is 28.7 Å². The first-order valence-corrected chi connectivity index (χ1v) is 6.79. The second kappa shape index (κ2) is 5.40. The molecule has 0 bridgehead atoms. The van der Waals surface area contributed by atoms with Gasteiger partial charge in [0, 0.05) is 39.8 Å².